The first kappa shape index (κ1) is 23.4. The Morgan fingerprint density at radius 3 is 2.54 bits per heavy atom. The molecule has 1 unspecified atom stereocenters. The molecule has 182 valence electrons. The third-order valence-electron chi connectivity index (χ3n) is 6.87. The Hall–Kier alpha value is -3.39. The summed E-state index contributed by atoms with van der Waals surface area (Å²) in [6, 6.07) is 13.2. The molecule has 1 aliphatic heterocycles. The van der Waals surface area contributed by atoms with E-state index in [0.29, 0.717) is 47.7 Å². The van der Waals surface area contributed by atoms with Crippen molar-refractivity contribution in [3.63, 3.8) is 0 Å². The fourth-order valence-corrected chi connectivity index (χ4v) is 5.90. The molecule has 35 heavy (non-hydrogen) atoms. The van der Waals surface area contributed by atoms with E-state index in [1.165, 1.54) is 0 Å². The molecular formula is C27H29N3O4S. The second-order valence-corrected chi connectivity index (χ2v) is 10.5. The number of nitrogens with zero attached hydrogens (tertiary/aromatic N) is 2. The fourth-order valence-electron chi connectivity index (χ4n) is 4.99. The van der Waals surface area contributed by atoms with Crippen LogP contribution in [-0.4, -0.2) is 55.0 Å². The lowest BCUT2D eigenvalue weighted by molar-refractivity contribution is 0.0690. The molecule has 2 aliphatic rings. The maximum atomic E-state index is 13.7. The molecule has 3 aromatic rings. The summed E-state index contributed by atoms with van der Waals surface area (Å²) in [5.41, 5.74) is 3.12. The van der Waals surface area contributed by atoms with E-state index in [1.807, 2.05) is 36.9 Å². The number of likely N-dealkylation sites (tertiary alicyclic amines) is 1. The first-order chi connectivity index (χ1) is 16.9. The third kappa shape index (κ3) is 4.62. The third-order valence-corrected chi connectivity index (χ3v) is 7.89. The monoisotopic (exact) mass is 491 g/mol. The Morgan fingerprint density at radius 2 is 1.86 bits per heavy atom. The second-order valence-electron chi connectivity index (χ2n) is 9.28. The maximum Gasteiger partial charge on any atom is 0.274 e. The number of fused-ring (bicyclic) bond motifs is 1. The molecule has 8 heteroatoms. The van der Waals surface area contributed by atoms with Gasteiger partial charge in [0, 0.05) is 24.7 Å². The van der Waals surface area contributed by atoms with Gasteiger partial charge in [-0.1, -0.05) is 29.8 Å². The van der Waals surface area contributed by atoms with E-state index in [-0.39, 0.29) is 17.9 Å². The van der Waals surface area contributed by atoms with Crippen LogP contribution >= 0.6 is 11.3 Å². The van der Waals surface area contributed by atoms with E-state index in [9.17, 15) is 9.59 Å². The first-order valence-electron chi connectivity index (χ1n) is 11.7. The van der Waals surface area contributed by atoms with Gasteiger partial charge in [-0.3, -0.25) is 9.59 Å². The van der Waals surface area contributed by atoms with Crippen molar-refractivity contribution in [2.24, 2.45) is 11.8 Å². The summed E-state index contributed by atoms with van der Waals surface area (Å²) < 4.78 is 10.6. The molecule has 7 nitrogen and oxygen atoms in total. The topological polar surface area (TPSA) is 80.8 Å². The van der Waals surface area contributed by atoms with Crippen LogP contribution < -0.4 is 14.8 Å². The molecule has 2 aromatic carbocycles. The zero-order valence-corrected chi connectivity index (χ0v) is 21.1. The van der Waals surface area contributed by atoms with Gasteiger partial charge in [0.2, 0.25) is 0 Å². The van der Waals surface area contributed by atoms with E-state index < -0.39 is 0 Å². The predicted octanol–water partition coefficient (Wildman–Crippen LogP) is 4.33. The summed E-state index contributed by atoms with van der Waals surface area (Å²) in [6.07, 6.45) is 1.10. The summed E-state index contributed by atoms with van der Waals surface area (Å²) >= 11 is 1.55. The number of hydrogen-bond acceptors (Lipinski definition) is 6. The Balaban J connectivity index is 1.34. The molecule has 2 amide bonds. The molecular weight excluding hydrogens is 462 g/mol. The minimum Gasteiger partial charge on any atom is -0.497 e. The smallest absolute Gasteiger partial charge is 0.274 e. The van der Waals surface area contributed by atoms with E-state index in [1.54, 1.807) is 43.8 Å². The maximum absolute atomic E-state index is 13.7. The SMILES string of the molecule is COc1cc(OC)cc(C(=O)NC[C@@H]2C3C[C@H]3CN2C(=O)c2nc(C)sc2-c2cccc(C)c2)c1. The van der Waals surface area contributed by atoms with Crippen LogP contribution in [-0.2, 0) is 0 Å². The predicted molar refractivity (Wildman–Crippen MR) is 135 cm³/mol. The van der Waals surface area contributed by atoms with Crippen molar-refractivity contribution in [3.8, 4) is 21.9 Å². The van der Waals surface area contributed by atoms with Gasteiger partial charge in [0.15, 0.2) is 0 Å². The molecule has 2 fully saturated rings. The summed E-state index contributed by atoms with van der Waals surface area (Å²) in [7, 11) is 3.10. The van der Waals surface area contributed by atoms with Gasteiger partial charge in [-0.15, -0.1) is 11.3 Å². The largest absolute Gasteiger partial charge is 0.497 e. The van der Waals surface area contributed by atoms with Crippen molar-refractivity contribution >= 4 is 23.2 Å². The second kappa shape index (κ2) is 9.34. The summed E-state index contributed by atoms with van der Waals surface area (Å²) in [4.78, 5) is 34.1. The molecule has 3 atom stereocenters. The molecule has 0 radical (unpaired) electrons. The van der Waals surface area contributed by atoms with Crippen LogP contribution in [0.4, 0.5) is 0 Å². The van der Waals surface area contributed by atoms with Crippen LogP contribution in [0.1, 0.15) is 37.8 Å². The fraction of sp³-hybridized carbons (Fsp3) is 0.370. The lowest BCUT2D eigenvalue weighted by Gasteiger charge is -2.27. The number of piperidine rings is 1. The summed E-state index contributed by atoms with van der Waals surface area (Å²) in [5.74, 6) is 1.75. The Kier molecular flexibility index (Phi) is 6.23. The van der Waals surface area contributed by atoms with Gasteiger partial charge < -0.3 is 19.7 Å². The number of rotatable bonds is 7. The van der Waals surface area contributed by atoms with E-state index in [2.05, 4.69) is 16.4 Å². The lowest BCUT2D eigenvalue weighted by atomic mass is 10.1. The van der Waals surface area contributed by atoms with Crippen LogP contribution in [0.15, 0.2) is 42.5 Å². The van der Waals surface area contributed by atoms with Crippen LogP contribution in [0.2, 0.25) is 0 Å². The molecule has 1 saturated heterocycles. The number of aryl methyl sites for hydroxylation is 2. The van der Waals surface area contributed by atoms with Crippen LogP contribution in [0, 0.1) is 25.7 Å². The van der Waals surface area contributed by atoms with Crippen molar-refractivity contribution in [2.75, 3.05) is 27.3 Å². The molecule has 5 rings (SSSR count). The Labute approximate surface area is 209 Å². The zero-order valence-electron chi connectivity index (χ0n) is 20.3. The van der Waals surface area contributed by atoms with E-state index >= 15 is 0 Å². The van der Waals surface area contributed by atoms with Crippen LogP contribution in [0.5, 0.6) is 11.5 Å². The van der Waals surface area contributed by atoms with Gasteiger partial charge in [-0.05, 0) is 49.8 Å². The minimum atomic E-state index is -0.219. The van der Waals surface area contributed by atoms with Gasteiger partial charge >= 0.3 is 0 Å². The lowest BCUT2D eigenvalue weighted by Crippen LogP contribution is -2.45. The zero-order chi connectivity index (χ0) is 24.7. The molecule has 1 aromatic heterocycles. The number of hydrogen-bond donors (Lipinski definition) is 1. The molecule has 2 heterocycles. The molecule has 0 bridgehead atoms. The number of benzene rings is 2. The number of ether oxygens (including phenoxy) is 2. The number of carbonyl (C=O) groups excluding carboxylic acids is 2. The number of nitrogens with one attached hydrogen (secondary N) is 1. The van der Waals surface area contributed by atoms with Crippen molar-refractivity contribution in [2.45, 2.75) is 26.3 Å². The Bertz CT molecular complexity index is 1260. The average molecular weight is 492 g/mol. The highest BCUT2D eigenvalue weighted by Gasteiger charge is 2.54. The van der Waals surface area contributed by atoms with Gasteiger partial charge in [0.1, 0.15) is 17.2 Å². The van der Waals surface area contributed by atoms with Gasteiger partial charge in [0.25, 0.3) is 11.8 Å². The highest BCUT2D eigenvalue weighted by Crippen LogP contribution is 2.50. The van der Waals surface area contributed by atoms with Crippen LogP contribution in [0.25, 0.3) is 10.4 Å². The van der Waals surface area contributed by atoms with Gasteiger partial charge in [-0.25, -0.2) is 4.98 Å². The first-order valence-corrected chi connectivity index (χ1v) is 12.6. The number of amides is 2. The quantitative estimate of drug-likeness (QED) is 0.532. The van der Waals surface area contributed by atoms with Crippen molar-refractivity contribution < 1.29 is 19.1 Å². The molecule has 1 aliphatic carbocycles. The number of carbonyl (C=O) groups is 2. The number of methoxy groups -OCH3 is 2. The van der Waals surface area contributed by atoms with Crippen LogP contribution in [0.3, 0.4) is 0 Å². The normalized spacial score (nSPS) is 20.3. The van der Waals surface area contributed by atoms with Gasteiger partial charge in [-0.2, -0.15) is 0 Å². The average Bonchev–Trinajstić information content (AvgIpc) is 3.38. The number of thiazole rings is 1. The number of aromatic nitrogens is 1. The van der Waals surface area contributed by atoms with Crippen molar-refractivity contribution in [1.82, 2.24) is 15.2 Å². The summed E-state index contributed by atoms with van der Waals surface area (Å²) in [5, 5.41) is 3.90. The van der Waals surface area contributed by atoms with Crippen molar-refractivity contribution in [1.29, 1.82) is 0 Å². The molecule has 1 N–H and O–H groups in total. The molecule has 0 spiro atoms. The molecule has 1 saturated carbocycles. The van der Waals surface area contributed by atoms with E-state index in [4.69, 9.17) is 9.47 Å². The van der Waals surface area contributed by atoms with Gasteiger partial charge in [0.05, 0.1) is 30.1 Å². The van der Waals surface area contributed by atoms with Crippen molar-refractivity contribution in [3.05, 3.63) is 64.3 Å². The Morgan fingerprint density at radius 1 is 1.11 bits per heavy atom. The standard InChI is InChI=1S/C27H29N3O4S/c1-15-6-5-7-17(8-15)25-24(29-16(2)35-25)27(32)30-14-19-11-22(19)23(30)13-28-26(31)18-9-20(33-3)12-21(10-18)34-4/h5-10,12,19,22-23H,11,13-14H2,1-4H3,(H,28,31)/t19-,22?,23+/m0/s1. The minimum absolute atomic E-state index is 0.0451. The highest BCUT2D eigenvalue weighted by atomic mass is 32.1. The summed E-state index contributed by atoms with van der Waals surface area (Å²) in [6.45, 7) is 5.08. The highest BCUT2D eigenvalue weighted by molar-refractivity contribution is 7.15. The van der Waals surface area contributed by atoms with E-state index in [0.717, 1.165) is 27.4 Å².